The van der Waals surface area contributed by atoms with E-state index in [0.29, 0.717) is 12.1 Å². The van der Waals surface area contributed by atoms with Crippen molar-refractivity contribution in [3.63, 3.8) is 0 Å². The van der Waals surface area contributed by atoms with Crippen molar-refractivity contribution in [1.29, 1.82) is 0 Å². The molecule has 0 unspecified atom stereocenters. The topological polar surface area (TPSA) is 21.3 Å². The second kappa shape index (κ2) is 5.30. The fourth-order valence-electron chi connectivity index (χ4n) is 2.22. The maximum Gasteiger partial charge on any atom is 0.123 e. The van der Waals surface area contributed by atoms with Gasteiger partial charge < -0.3 is 10.1 Å². The molecule has 88 valence electrons. The summed E-state index contributed by atoms with van der Waals surface area (Å²) in [4.78, 5) is 0. The van der Waals surface area contributed by atoms with Crippen LogP contribution in [0, 0.1) is 5.82 Å². The van der Waals surface area contributed by atoms with Crippen molar-refractivity contribution in [3.8, 4) is 0 Å². The summed E-state index contributed by atoms with van der Waals surface area (Å²) in [5, 5.41) is 3.43. The summed E-state index contributed by atoms with van der Waals surface area (Å²) in [7, 11) is 1.78. The summed E-state index contributed by atoms with van der Waals surface area (Å²) in [6.45, 7) is 0. The Balaban J connectivity index is 1.84. The monoisotopic (exact) mass is 223 g/mol. The molecule has 0 aliphatic heterocycles. The molecule has 1 aliphatic carbocycles. The van der Waals surface area contributed by atoms with Gasteiger partial charge in [-0.15, -0.1) is 0 Å². The second-order valence-electron chi connectivity index (χ2n) is 4.36. The third-order valence-electron chi connectivity index (χ3n) is 3.22. The van der Waals surface area contributed by atoms with Crippen LogP contribution in [0.25, 0.3) is 0 Å². The number of anilines is 1. The maximum atomic E-state index is 12.7. The van der Waals surface area contributed by atoms with Gasteiger partial charge in [-0.05, 0) is 49.9 Å². The Kier molecular flexibility index (Phi) is 3.78. The van der Waals surface area contributed by atoms with E-state index in [1.165, 1.54) is 12.1 Å². The van der Waals surface area contributed by atoms with Crippen molar-refractivity contribution >= 4 is 5.69 Å². The van der Waals surface area contributed by atoms with E-state index in [4.69, 9.17) is 4.74 Å². The number of halogens is 1. The molecule has 2 nitrogen and oxygen atoms in total. The zero-order valence-electron chi connectivity index (χ0n) is 9.58. The van der Waals surface area contributed by atoms with Crippen LogP contribution in [-0.2, 0) is 4.74 Å². The smallest absolute Gasteiger partial charge is 0.123 e. The van der Waals surface area contributed by atoms with Crippen LogP contribution in [0.15, 0.2) is 24.3 Å². The highest BCUT2D eigenvalue weighted by atomic mass is 19.1. The van der Waals surface area contributed by atoms with Crippen LogP contribution >= 0.6 is 0 Å². The molecule has 0 aromatic heterocycles. The summed E-state index contributed by atoms with van der Waals surface area (Å²) >= 11 is 0. The first kappa shape index (κ1) is 11.4. The van der Waals surface area contributed by atoms with Crippen LogP contribution in [0.1, 0.15) is 25.7 Å². The number of hydrogen-bond acceptors (Lipinski definition) is 2. The van der Waals surface area contributed by atoms with Gasteiger partial charge in [0.2, 0.25) is 0 Å². The van der Waals surface area contributed by atoms with Crippen molar-refractivity contribution in [3.05, 3.63) is 30.1 Å². The molecule has 0 radical (unpaired) electrons. The van der Waals surface area contributed by atoms with Gasteiger partial charge in [0.25, 0.3) is 0 Å². The van der Waals surface area contributed by atoms with Gasteiger partial charge in [0, 0.05) is 18.8 Å². The lowest BCUT2D eigenvalue weighted by Crippen LogP contribution is -2.29. The number of benzene rings is 1. The number of methoxy groups -OCH3 is 1. The van der Waals surface area contributed by atoms with Crippen LogP contribution in [-0.4, -0.2) is 19.3 Å². The lowest BCUT2D eigenvalue weighted by Gasteiger charge is -2.28. The van der Waals surface area contributed by atoms with Crippen molar-refractivity contribution < 1.29 is 9.13 Å². The van der Waals surface area contributed by atoms with E-state index in [-0.39, 0.29) is 5.82 Å². The van der Waals surface area contributed by atoms with Crippen LogP contribution < -0.4 is 5.32 Å². The molecule has 0 heterocycles. The third-order valence-corrected chi connectivity index (χ3v) is 3.22. The van der Waals surface area contributed by atoms with Crippen LogP contribution in [0.2, 0.25) is 0 Å². The Morgan fingerprint density at radius 3 is 2.31 bits per heavy atom. The number of ether oxygens (including phenoxy) is 1. The maximum absolute atomic E-state index is 12.7. The Morgan fingerprint density at radius 1 is 1.12 bits per heavy atom. The minimum Gasteiger partial charge on any atom is -0.382 e. The van der Waals surface area contributed by atoms with E-state index in [0.717, 1.165) is 31.4 Å². The molecule has 1 N–H and O–H groups in total. The largest absolute Gasteiger partial charge is 0.382 e. The molecule has 0 spiro atoms. The van der Waals surface area contributed by atoms with Gasteiger partial charge in [0.05, 0.1) is 6.10 Å². The van der Waals surface area contributed by atoms with Crippen molar-refractivity contribution in [1.82, 2.24) is 0 Å². The Morgan fingerprint density at radius 2 is 1.75 bits per heavy atom. The van der Waals surface area contributed by atoms with Crippen molar-refractivity contribution in [2.24, 2.45) is 0 Å². The molecule has 3 heteroatoms. The van der Waals surface area contributed by atoms with E-state index in [1.807, 2.05) is 0 Å². The molecule has 1 aromatic carbocycles. The summed E-state index contributed by atoms with van der Waals surface area (Å²) in [5.74, 6) is -0.186. The molecule has 1 saturated carbocycles. The summed E-state index contributed by atoms with van der Waals surface area (Å²) in [5.41, 5.74) is 1.00. The first-order valence-electron chi connectivity index (χ1n) is 5.83. The van der Waals surface area contributed by atoms with Crippen LogP contribution in [0.5, 0.6) is 0 Å². The van der Waals surface area contributed by atoms with Gasteiger partial charge in [-0.3, -0.25) is 0 Å². The fraction of sp³-hybridized carbons (Fsp3) is 0.538. The molecule has 1 fully saturated rings. The molecule has 1 aliphatic rings. The molecule has 0 atom stereocenters. The Labute approximate surface area is 95.8 Å². The minimum absolute atomic E-state index is 0.186. The molecule has 16 heavy (non-hydrogen) atoms. The zero-order valence-corrected chi connectivity index (χ0v) is 9.58. The number of hydrogen-bond donors (Lipinski definition) is 1. The van der Waals surface area contributed by atoms with Gasteiger partial charge in [-0.1, -0.05) is 0 Å². The van der Waals surface area contributed by atoms with E-state index in [1.54, 1.807) is 19.2 Å². The average Bonchev–Trinajstić information content (AvgIpc) is 2.33. The highest BCUT2D eigenvalue weighted by molar-refractivity contribution is 5.43. The van der Waals surface area contributed by atoms with Gasteiger partial charge in [0.1, 0.15) is 5.82 Å². The number of rotatable bonds is 3. The van der Waals surface area contributed by atoms with Gasteiger partial charge in [0.15, 0.2) is 0 Å². The molecule has 2 rings (SSSR count). The normalized spacial score (nSPS) is 25.4. The molecular weight excluding hydrogens is 205 g/mol. The SMILES string of the molecule is COC1CCC(Nc2ccc(F)cc2)CC1. The summed E-state index contributed by atoms with van der Waals surface area (Å²) in [6, 6.07) is 7.05. The zero-order chi connectivity index (χ0) is 11.4. The second-order valence-corrected chi connectivity index (χ2v) is 4.36. The van der Waals surface area contributed by atoms with Crippen molar-refractivity contribution in [2.75, 3.05) is 12.4 Å². The van der Waals surface area contributed by atoms with Crippen LogP contribution in [0.3, 0.4) is 0 Å². The van der Waals surface area contributed by atoms with E-state index in [9.17, 15) is 4.39 Å². The lowest BCUT2D eigenvalue weighted by atomic mass is 9.93. The summed E-state index contributed by atoms with van der Waals surface area (Å²) in [6.07, 6.45) is 4.88. The molecular formula is C13H18FNO. The van der Waals surface area contributed by atoms with E-state index >= 15 is 0 Å². The van der Waals surface area contributed by atoms with Crippen molar-refractivity contribution in [2.45, 2.75) is 37.8 Å². The lowest BCUT2D eigenvalue weighted by molar-refractivity contribution is 0.0682. The third kappa shape index (κ3) is 2.95. The highest BCUT2D eigenvalue weighted by Crippen LogP contribution is 2.23. The Bertz CT molecular complexity index is 317. The Hall–Kier alpha value is -1.09. The first-order valence-corrected chi connectivity index (χ1v) is 5.83. The molecule has 0 bridgehead atoms. The fourth-order valence-corrected chi connectivity index (χ4v) is 2.22. The predicted octanol–water partition coefficient (Wildman–Crippen LogP) is 3.20. The summed E-state index contributed by atoms with van der Waals surface area (Å²) < 4.78 is 18.0. The minimum atomic E-state index is -0.186. The highest BCUT2D eigenvalue weighted by Gasteiger charge is 2.20. The predicted molar refractivity (Wildman–Crippen MR) is 63.1 cm³/mol. The molecule has 0 saturated heterocycles. The molecule has 0 amide bonds. The van der Waals surface area contributed by atoms with Crippen LogP contribution in [0.4, 0.5) is 10.1 Å². The standard InChI is InChI=1S/C13H18FNO/c1-16-13-8-6-12(7-9-13)15-11-4-2-10(14)3-5-11/h2-5,12-13,15H,6-9H2,1H3. The quantitative estimate of drug-likeness (QED) is 0.849. The van der Waals surface area contributed by atoms with Gasteiger partial charge >= 0.3 is 0 Å². The van der Waals surface area contributed by atoms with E-state index < -0.39 is 0 Å². The van der Waals surface area contributed by atoms with E-state index in [2.05, 4.69) is 5.32 Å². The number of nitrogens with one attached hydrogen (secondary N) is 1. The first-order chi connectivity index (χ1) is 7.78. The average molecular weight is 223 g/mol. The van der Waals surface area contributed by atoms with Gasteiger partial charge in [-0.2, -0.15) is 0 Å². The molecule has 1 aromatic rings. The van der Waals surface area contributed by atoms with Gasteiger partial charge in [-0.25, -0.2) is 4.39 Å².